The fraction of sp³-hybridized carbons (Fsp3) is 0.182. The van der Waals surface area contributed by atoms with Crippen LogP contribution in [0.4, 0.5) is 5.69 Å². The number of anilines is 1. The van der Waals surface area contributed by atoms with Gasteiger partial charge in [0.25, 0.3) is 5.91 Å². The van der Waals surface area contributed by atoms with E-state index in [1.807, 2.05) is 6.92 Å². The van der Waals surface area contributed by atoms with Crippen LogP contribution in [0.15, 0.2) is 58.0 Å². The van der Waals surface area contributed by atoms with Crippen molar-refractivity contribution in [1.82, 2.24) is 0 Å². The van der Waals surface area contributed by atoms with E-state index in [1.54, 1.807) is 31.2 Å². The minimum atomic E-state index is -3.82. The number of carbonyl (C=O) groups is 1. The minimum absolute atomic E-state index is 0.0463. The maximum atomic E-state index is 12.9. The minimum Gasteiger partial charge on any atom is -0.490 e. The first-order chi connectivity index (χ1) is 14.7. The van der Waals surface area contributed by atoms with E-state index in [0.717, 1.165) is 5.56 Å². The zero-order valence-electron chi connectivity index (χ0n) is 17.0. The first-order valence-electron chi connectivity index (χ1n) is 9.32. The van der Waals surface area contributed by atoms with E-state index in [1.165, 1.54) is 29.3 Å². The lowest BCUT2D eigenvalue weighted by molar-refractivity contribution is -0.114. The van der Waals surface area contributed by atoms with Gasteiger partial charge in [-0.1, -0.05) is 12.0 Å². The second-order valence-corrected chi connectivity index (χ2v) is 8.09. The molecule has 0 unspecified atom stereocenters. The summed E-state index contributed by atoms with van der Waals surface area (Å²) in [5.74, 6) is 3.10. The average molecular weight is 439 g/mol. The molecule has 2 aromatic carbocycles. The van der Waals surface area contributed by atoms with Crippen molar-refractivity contribution in [1.29, 1.82) is 0 Å². The largest absolute Gasteiger partial charge is 0.490 e. The summed E-state index contributed by atoms with van der Waals surface area (Å²) in [7, 11) is -3.82. The first kappa shape index (κ1) is 22.1. The number of rotatable bonds is 7. The molecule has 1 amide bonds. The van der Waals surface area contributed by atoms with Crippen LogP contribution in [0, 0.1) is 12.3 Å². The van der Waals surface area contributed by atoms with Crippen LogP contribution in [0.3, 0.4) is 0 Å². The molecule has 0 radical (unpaired) electrons. The van der Waals surface area contributed by atoms with Crippen molar-refractivity contribution >= 4 is 33.4 Å². The SMILES string of the molecule is C#CCOc1ccc(C=C2C(=O)N(c3ccc(S(N)(=O)=O)cc3)N=C2C)cc1OCC. The highest BCUT2D eigenvalue weighted by Gasteiger charge is 2.29. The van der Waals surface area contributed by atoms with Crippen LogP contribution in [-0.2, 0) is 14.8 Å². The lowest BCUT2D eigenvalue weighted by Gasteiger charge is -2.12. The quantitative estimate of drug-likeness (QED) is 0.526. The molecule has 9 heteroatoms. The number of benzene rings is 2. The van der Waals surface area contributed by atoms with Crippen LogP contribution >= 0.6 is 0 Å². The van der Waals surface area contributed by atoms with Crippen molar-refractivity contribution < 1.29 is 22.7 Å². The van der Waals surface area contributed by atoms with Gasteiger partial charge in [-0.05, 0) is 61.9 Å². The Labute approximate surface area is 181 Å². The molecular formula is C22H21N3O5S. The van der Waals surface area contributed by atoms with Crippen molar-refractivity contribution in [3.63, 3.8) is 0 Å². The summed E-state index contributed by atoms with van der Waals surface area (Å²) in [4.78, 5) is 12.9. The smallest absolute Gasteiger partial charge is 0.280 e. The number of terminal acetylenes is 1. The molecule has 8 nitrogen and oxygen atoms in total. The predicted molar refractivity (Wildman–Crippen MR) is 118 cm³/mol. The fourth-order valence-electron chi connectivity index (χ4n) is 2.92. The number of nitrogens with two attached hydrogens (primary N) is 1. The molecule has 0 saturated carbocycles. The van der Waals surface area contributed by atoms with Crippen molar-refractivity contribution in [3.05, 3.63) is 53.6 Å². The Hall–Kier alpha value is -3.61. The van der Waals surface area contributed by atoms with Gasteiger partial charge >= 0.3 is 0 Å². The number of primary sulfonamides is 1. The van der Waals surface area contributed by atoms with Gasteiger partial charge in [-0.25, -0.2) is 13.6 Å². The van der Waals surface area contributed by atoms with Gasteiger partial charge in [0.2, 0.25) is 10.0 Å². The van der Waals surface area contributed by atoms with Crippen molar-refractivity contribution in [2.24, 2.45) is 10.2 Å². The number of hydrogen-bond donors (Lipinski definition) is 1. The Bertz CT molecular complexity index is 1210. The molecule has 0 aromatic heterocycles. The average Bonchev–Trinajstić information content (AvgIpc) is 3.01. The Morgan fingerprint density at radius 1 is 1.16 bits per heavy atom. The number of amides is 1. The maximum Gasteiger partial charge on any atom is 0.280 e. The van der Waals surface area contributed by atoms with Crippen LogP contribution in [0.5, 0.6) is 11.5 Å². The molecule has 2 N–H and O–H groups in total. The molecule has 1 aliphatic heterocycles. The summed E-state index contributed by atoms with van der Waals surface area (Å²) in [6, 6.07) is 10.9. The van der Waals surface area contributed by atoms with Crippen molar-refractivity contribution in [2.75, 3.05) is 18.2 Å². The second kappa shape index (κ2) is 9.04. The van der Waals surface area contributed by atoms with Crippen LogP contribution < -0.4 is 19.6 Å². The Morgan fingerprint density at radius 2 is 1.87 bits per heavy atom. The number of ether oxygens (including phenoxy) is 2. The zero-order valence-corrected chi connectivity index (χ0v) is 17.8. The number of hydrazone groups is 1. The van der Waals surface area contributed by atoms with Crippen LogP contribution in [0.1, 0.15) is 19.4 Å². The Kier molecular flexibility index (Phi) is 6.44. The summed E-state index contributed by atoms with van der Waals surface area (Å²) in [6.07, 6.45) is 6.95. The molecular weight excluding hydrogens is 418 g/mol. The van der Waals surface area contributed by atoms with E-state index in [-0.39, 0.29) is 17.4 Å². The molecule has 1 heterocycles. The Morgan fingerprint density at radius 3 is 2.48 bits per heavy atom. The number of sulfonamides is 1. The summed E-state index contributed by atoms with van der Waals surface area (Å²) in [5, 5.41) is 10.6. The highest BCUT2D eigenvalue weighted by Crippen LogP contribution is 2.31. The van der Waals surface area contributed by atoms with Gasteiger partial charge in [0, 0.05) is 0 Å². The third-order valence-electron chi connectivity index (χ3n) is 4.36. The number of nitrogens with zero attached hydrogens (tertiary/aromatic N) is 2. The molecule has 31 heavy (non-hydrogen) atoms. The third kappa shape index (κ3) is 4.94. The summed E-state index contributed by atoms with van der Waals surface area (Å²) < 4.78 is 33.9. The van der Waals surface area contributed by atoms with E-state index in [2.05, 4.69) is 11.0 Å². The highest BCUT2D eigenvalue weighted by molar-refractivity contribution is 7.89. The Balaban J connectivity index is 1.89. The summed E-state index contributed by atoms with van der Waals surface area (Å²) in [5.41, 5.74) is 2.07. The maximum absolute atomic E-state index is 12.9. The third-order valence-corrected chi connectivity index (χ3v) is 5.29. The topological polar surface area (TPSA) is 111 Å². The molecule has 0 bridgehead atoms. The molecule has 3 rings (SSSR count). The van der Waals surface area contributed by atoms with E-state index in [0.29, 0.717) is 35.1 Å². The van der Waals surface area contributed by atoms with Gasteiger partial charge < -0.3 is 9.47 Å². The number of hydrogen-bond acceptors (Lipinski definition) is 6. The normalized spacial score (nSPS) is 15.0. The van der Waals surface area contributed by atoms with Crippen molar-refractivity contribution in [3.8, 4) is 23.8 Å². The zero-order chi connectivity index (χ0) is 22.6. The van der Waals surface area contributed by atoms with Crippen LogP contribution in [0.25, 0.3) is 6.08 Å². The molecule has 0 saturated heterocycles. The van der Waals surface area contributed by atoms with Gasteiger partial charge in [0.05, 0.1) is 28.5 Å². The van der Waals surface area contributed by atoms with Crippen molar-refractivity contribution in [2.45, 2.75) is 18.7 Å². The van der Waals surface area contributed by atoms with E-state index >= 15 is 0 Å². The summed E-state index contributed by atoms with van der Waals surface area (Å²) >= 11 is 0. The van der Waals surface area contributed by atoms with E-state index < -0.39 is 10.0 Å². The lowest BCUT2D eigenvalue weighted by atomic mass is 10.1. The fourth-order valence-corrected chi connectivity index (χ4v) is 3.44. The summed E-state index contributed by atoms with van der Waals surface area (Å²) in [6.45, 7) is 4.13. The molecule has 0 fully saturated rings. The van der Waals surface area contributed by atoms with Gasteiger partial charge in [-0.3, -0.25) is 4.79 Å². The van der Waals surface area contributed by atoms with Gasteiger partial charge in [0.1, 0.15) is 6.61 Å². The molecule has 0 atom stereocenters. The highest BCUT2D eigenvalue weighted by atomic mass is 32.2. The monoisotopic (exact) mass is 439 g/mol. The first-order valence-corrected chi connectivity index (χ1v) is 10.9. The van der Waals surface area contributed by atoms with Gasteiger partial charge in [-0.2, -0.15) is 10.1 Å². The van der Waals surface area contributed by atoms with Gasteiger partial charge in [0.15, 0.2) is 11.5 Å². The molecule has 0 aliphatic carbocycles. The molecule has 0 spiro atoms. The van der Waals surface area contributed by atoms with Crippen LogP contribution in [-0.4, -0.2) is 33.3 Å². The van der Waals surface area contributed by atoms with E-state index in [9.17, 15) is 13.2 Å². The molecule has 1 aliphatic rings. The number of carbonyl (C=O) groups excluding carboxylic acids is 1. The lowest BCUT2D eigenvalue weighted by Crippen LogP contribution is -2.21. The predicted octanol–water partition coefficient (Wildman–Crippen LogP) is 2.55. The van der Waals surface area contributed by atoms with Crippen LogP contribution in [0.2, 0.25) is 0 Å². The van der Waals surface area contributed by atoms with Gasteiger partial charge in [-0.15, -0.1) is 6.42 Å². The standard InChI is InChI=1S/C22H21N3O5S/c1-4-12-30-20-11-6-16(14-21(20)29-5-2)13-19-15(3)24-25(22(19)26)17-7-9-18(10-8-17)31(23,27)28/h1,6-11,13-14H,5,12H2,2-3H3,(H2,23,27,28). The second-order valence-electron chi connectivity index (χ2n) is 6.53. The molecule has 160 valence electrons. The van der Waals surface area contributed by atoms with E-state index in [4.69, 9.17) is 21.0 Å². The molecule has 2 aromatic rings.